The number of carbonyl (C=O) groups excluding carboxylic acids is 1. The summed E-state index contributed by atoms with van der Waals surface area (Å²) < 4.78 is 24.8. The maximum Gasteiger partial charge on any atom is 0.416 e. The van der Waals surface area contributed by atoms with Gasteiger partial charge in [-0.1, -0.05) is 23.7 Å². The van der Waals surface area contributed by atoms with Gasteiger partial charge in [0.2, 0.25) is 0 Å². The SMILES string of the molecule is N#CC(C=NCCOc1ccc(C2c3[nH]c4ccc(Cl)cc4c3CCN2C(=O)Oc2ccc(F)cc2)cc1)C(=N)N. The molecule has 2 atom stereocenters. The average Bonchev–Trinajstić information content (AvgIpc) is 3.33. The summed E-state index contributed by atoms with van der Waals surface area (Å²) in [7, 11) is 0. The minimum atomic E-state index is -0.854. The molecule has 0 saturated heterocycles. The summed E-state index contributed by atoms with van der Waals surface area (Å²) in [6, 6.07) is 19.8. The molecule has 4 N–H and O–H groups in total. The third-order valence-electron chi connectivity index (χ3n) is 6.76. The standard InChI is InChI=1S/C30H26ClFN6O3/c31-20-3-10-26-25(15-20)24-11-13-38(30(39)41-23-8-4-21(32)5-9-23)28(27(24)37-26)18-1-6-22(7-2-18)40-14-12-36-17-19(16-33)29(34)35/h1-10,15,17,19,28,37H,11-14H2,(H3,34,35). The van der Waals surface area contributed by atoms with Crippen molar-refractivity contribution in [2.24, 2.45) is 16.6 Å². The van der Waals surface area contributed by atoms with Gasteiger partial charge in [-0.05, 0) is 72.1 Å². The Bertz CT molecular complexity index is 1650. The van der Waals surface area contributed by atoms with Crippen molar-refractivity contribution in [3.8, 4) is 17.6 Å². The van der Waals surface area contributed by atoms with E-state index >= 15 is 0 Å². The second-order valence-corrected chi connectivity index (χ2v) is 9.85. The van der Waals surface area contributed by atoms with Gasteiger partial charge in [-0.2, -0.15) is 5.26 Å². The van der Waals surface area contributed by atoms with Gasteiger partial charge in [-0.3, -0.25) is 15.3 Å². The summed E-state index contributed by atoms with van der Waals surface area (Å²) in [6.45, 7) is 0.954. The van der Waals surface area contributed by atoms with Gasteiger partial charge in [0, 0.05) is 34.4 Å². The van der Waals surface area contributed by atoms with Crippen molar-refractivity contribution < 1.29 is 18.7 Å². The monoisotopic (exact) mass is 572 g/mol. The van der Waals surface area contributed by atoms with Crippen molar-refractivity contribution in [1.82, 2.24) is 9.88 Å². The molecule has 2 heterocycles. The molecule has 1 aliphatic heterocycles. The van der Waals surface area contributed by atoms with Crippen molar-refractivity contribution in [3.05, 3.63) is 94.4 Å². The number of hydrogen-bond acceptors (Lipinski definition) is 6. The Morgan fingerprint density at radius 1 is 1.22 bits per heavy atom. The number of nitrogens with zero attached hydrogens (tertiary/aromatic N) is 3. The first-order valence-corrected chi connectivity index (χ1v) is 13.2. The van der Waals surface area contributed by atoms with E-state index in [-0.39, 0.29) is 18.2 Å². The predicted molar refractivity (Wildman–Crippen MR) is 154 cm³/mol. The molecule has 0 spiro atoms. The minimum absolute atomic E-state index is 0.250. The first kappa shape index (κ1) is 27.7. The van der Waals surface area contributed by atoms with Crippen LogP contribution in [0.3, 0.4) is 0 Å². The van der Waals surface area contributed by atoms with Gasteiger partial charge in [-0.25, -0.2) is 9.18 Å². The van der Waals surface area contributed by atoms with Crippen LogP contribution in [0, 0.1) is 28.5 Å². The lowest BCUT2D eigenvalue weighted by Crippen LogP contribution is -2.42. The van der Waals surface area contributed by atoms with Crippen LogP contribution in [-0.4, -0.2) is 47.7 Å². The second kappa shape index (κ2) is 12.1. The van der Waals surface area contributed by atoms with E-state index in [1.165, 1.54) is 30.5 Å². The van der Waals surface area contributed by atoms with Crippen molar-refractivity contribution in [2.45, 2.75) is 12.5 Å². The summed E-state index contributed by atoms with van der Waals surface area (Å²) >= 11 is 6.29. The Morgan fingerprint density at radius 3 is 2.66 bits per heavy atom. The Labute approximate surface area is 240 Å². The van der Waals surface area contributed by atoms with Crippen LogP contribution >= 0.6 is 11.6 Å². The molecule has 5 rings (SSSR count). The van der Waals surface area contributed by atoms with Gasteiger partial charge in [0.15, 0.2) is 0 Å². The molecule has 4 aromatic rings. The van der Waals surface area contributed by atoms with Gasteiger partial charge in [0.1, 0.15) is 41.7 Å². The van der Waals surface area contributed by atoms with E-state index in [0.29, 0.717) is 30.3 Å². The molecule has 3 aromatic carbocycles. The summed E-state index contributed by atoms with van der Waals surface area (Å²) in [6.07, 6.45) is 1.38. The molecule has 41 heavy (non-hydrogen) atoms. The normalized spacial score (nSPS) is 15.3. The third-order valence-corrected chi connectivity index (χ3v) is 6.99. The first-order valence-electron chi connectivity index (χ1n) is 12.8. The van der Waals surface area contributed by atoms with Crippen molar-refractivity contribution in [2.75, 3.05) is 19.7 Å². The fraction of sp³-hybridized carbons (Fsp3) is 0.200. The number of halogens is 2. The molecule has 0 fully saturated rings. The Morgan fingerprint density at radius 2 is 1.95 bits per heavy atom. The molecule has 1 aromatic heterocycles. The Hall–Kier alpha value is -4.88. The van der Waals surface area contributed by atoms with E-state index in [0.717, 1.165) is 27.7 Å². The minimum Gasteiger partial charge on any atom is -0.492 e. The quantitative estimate of drug-likeness (QED) is 0.142. The maximum absolute atomic E-state index is 13.4. The molecular formula is C30H26ClFN6O3. The van der Waals surface area contributed by atoms with Crippen LogP contribution in [0.1, 0.15) is 22.9 Å². The van der Waals surface area contributed by atoms with Crippen molar-refractivity contribution in [3.63, 3.8) is 0 Å². The number of fused-ring (bicyclic) bond motifs is 3. The van der Waals surface area contributed by atoms with E-state index < -0.39 is 23.9 Å². The largest absolute Gasteiger partial charge is 0.492 e. The van der Waals surface area contributed by atoms with E-state index in [4.69, 9.17) is 37.5 Å². The van der Waals surface area contributed by atoms with Crippen molar-refractivity contribution >= 4 is 40.6 Å². The number of amides is 1. The van der Waals surface area contributed by atoms with Gasteiger partial charge in [0.05, 0.1) is 12.6 Å². The summed E-state index contributed by atoms with van der Waals surface area (Å²) in [5.41, 5.74) is 9.05. The molecule has 0 bridgehead atoms. The predicted octanol–water partition coefficient (Wildman–Crippen LogP) is 5.63. The van der Waals surface area contributed by atoms with Crippen LogP contribution < -0.4 is 15.2 Å². The van der Waals surface area contributed by atoms with Gasteiger partial charge < -0.3 is 20.2 Å². The highest BCUT2D eigenvalue weighted by molar-refractivity contribution is 6.31. The number of aliphatic imine (C=N–C) groups is 1. The molecule has 1 aliphatic rings. The number of rotatable bonds is 8. The number of aromatic nitrogens is 1. The number of nitrogens with one attached hydrogen (secondary N) is 2. The smallest absolute Gasteiger partial charge is 0.416 e. The lowest BCUT2D eigenvalue weighted by molar-refractivity contribution is 0.135. The molecular weight excluding hydrogens is 547 g/mol. The van der Waals surface area contributed by atoms with Crippen LogP contribution in [0.4, 0.5) is 9.18 Å². The summed E-state index contributed by atoms with van der Waals surface area (Å²) in [5.74, 6) is -0.675. The number of nitrogens with two attached hydrogens (primary N) is 1. The molecule has 1 amide bonds. The molecule has 11 heteroatoms. The lowest BCUT2D eigenvalue weighted by Gasteiger charge is -2.35. The molecule has 0 saturated carbocycles. The zero-order valence-corrected chi connectivity index (χ0v) is 22.6. The average molecular weight is 573 g/mol. The number of nitriles is 1. The fourth-order valence-corrected chi connectivity index (χ4v) is 4.96. The highest BCUT2D eigenvalue weighted by Gasteiger charge is 2.35. The van der Waals surface area contributed by atoms with Gasteiger partial charge in [0.25, 0.3) is 0 Å². The van der Waals surface area contributed by atoms with E-state index in [1.54, 1.807) is 4.90 Å². The number of amidine groups is 1. The lowest BCUT2D eigenvalue weighted by atomic mass is 9.92. The second-order valence-electron chi connectivity index (χ2n) is 9.41. The Kier molecular flexibility index (Phi) is 8.17. The molecule has 0 aliphatic carbocycles. The molecule has 9 nitrogen and oxygen atoms in total. The Balaban J connectivity index is 1.38. The molecule has 208 valence electrons. The van der Waals surface area contributed by atoms with Crippen LogP contribution in [0.2, 0.25) is 5.02 Å². The summed E-state index contributed by atoms with van der Waals surface area (Å²) in [4.78, 5) is 22.6. The fourth-order valence-electron chi connectivity index (χ4n) is 4.79. The number of carbonyl (C=O) groups is 1. The molecule has 0 radical (unpaired) electrons. The topological polar surface area (TPSA) is 141 Å². The number of H-pyrrole nitrogens is 1. The number of benzene rings is 3. The van der Waals surface area contributed by atoms with Crippen LogP contribution in [0.15, 0.2) is 71.7 Å². The van der Waals surface area contributed by atoms with E-state index in [9.17, 15) is 9.18 Å². The molecule has 2 unspecified atom stereocenters. The maximum atomic E-state index is 13.4. The number of ether oxygens (including phenoxy) is 2. The van der Waals surface area contributed by atoms with E-state index in [2.05, 4.69) is 9.98 Å². The van der Waals surface area contributed by atoms with Crippen LogP contribution in [-0.2, 0) is 6.42 Å². The zero-order chi connectivity index (χ0) is 28.9. The highest BCUT2D eigenvalue weighted by Crippen LogP contribution is 2.40. The highest BCUT2D eigenvalue weighted by atomic mass is 35.5. The summed E-state index contributed by atoms with van der Waals surface area (Å²) in [5, 5.41) is 17.9. The third kappa shape index (κ3) is 6.15. The first-order chi connectivity index (χ1) is 19.8. The van der Waals surface area contributed by atoms with Crippen LogP contribution in [0.5, 0.6) is 11.5 Å². The van der Waals surface area contributed by atoms with Crippen molar-refractivity contribution in [1.29, 1.82) is 10.7 Å². The van der Waals surface area contributed by atoms with Crippen LogP contribution in [0.25, 0.3) is 10.9 Å². The van der Waals surface area contributed by atoms with E-state index in [1.807, 2.05) is 48.5 Å². The zero-order valence-electron chi connectivity index (χ0n) is 21.8. The number of aromatic amines is 1. The van der Waals surface area contributed by atoms with Gasteiger partial charge in [-0.15, -0.1) is 0 Å². The van der Waals surface area contributed by atoms with Gasteiger partial charge >= 0.3 is 6.09 Å². The number of hydrogen-bond donors (Lipinski definition) is 3.